The van der Waals surface area contributed by atoms with Crippen molar-refractivity contribution >= 4 is 34.9 Å². The molecule has 1 saturated carbocycles. The molecule has 0 amide bonds. The summed E-state index contributed by atoms with van der Waals surface area (Å²) in [5.74, 6) is 1.53. The summed E-state index contributed by atoms with van der Waals surface area (Å²) in [5.41, 5.74) is 22.1. The van der Waals surface area contributed by atoms with E-state index in [2.05, 4.69) is 173 Å². The Labute approximate surface area is 343 Å². The molecule has 5 atom stereocenters. The molecule has 4 aromatic carbocycles. The summed E-state index contributed by atoms with van der Waals surface area (Å²) in [6, 6.07) is 24.4. The van der Waals surface area contributed by atoms with Gasteiger partial charge in [-0.25, -0.2) is 0 Å². The third-order valence-corrected chi connectivity index (χ3v) is 15.5. The lowest BCUT2D eigenvalue weighted by Crippen LogP contribution is -2.67. The van der Waals surface area contributed by atoms with Crippen molar-refractivity contribution in [1.29, 1.82) is 0 Å². The van der Waals surface area contributed by atoms with Crippen LogP contribution in [0.2, 0.25) is 0 Å². The van der Waals surface area contributed by atoms with Gasteiger partial charge >= 0.3 is 0 Å². The molecule has 1 fully saturated rings. The van der Waals surface area contributed by atoms with Crippen LogP contribution in [-0.4, -0.2) is 12.2 Å². The van der Waals surface area contributed by atoms with Crippen molar-refractivity contribution in [3.8, 4) is 5.75 Å². The lowest BCUT2D eigenvalue weighted by atomic mass is 9.26. The van der Waals surface area contributed by atoms with Gasteiger partial charge in [0.05, 0.1) is 6.04 Å². The summed E-state index contributed by atoms with van der Waals surface area (Å²) in [4.78, 5) is 5.41. The molecule has 10 rings (SSSR count). The van der Waals surface area contributed by atoms with Gasteiger partial charge in [0.1, 0.15) is 11.2 Å². The fraction of sp³-hybridized carbons (Fsp3) is 0.472. The van der Waals surface area contributed by atoms with Gasteiger partial charge in [0.15, 0.2) is 0 Å². The molecule has 5 unspecified atom stereocenters. The minimum Gasteiger partial charge on any atom is -0.492 e. The number of anilines is 4. The lowest BCUT2D eigenvalue weighted by Gasteiger charge is -2.54. The summed E-state index contributed by atoms with van der Waals surface area (Å²) in [6.07, 6.45) is 7.42. The summed E-state index contributed by atoms with van der Waals surface area (Å²) in [5, 5.41) is 0. The predicted octanol–water partition coefficient (Wildman–Crippen LogP) is 13.2. The average Bonchev–Trinajstić information content (AvgIpc) is 3.67. The second-order valence-electron chi connectivity index (χ2n) is 22.2. The number of allylic oxidation sites excluding steroid dienone is 4. The van der Waals surface area contributed by atoms with Gasteiger partial charge in [0.25, 0.3) is 6.71 Å². The Balaban J connectivity index is 1.30. The van der Waals surface area contributed by atoms with E-state index in [1.165, 1.54) is 97.6 Å². The smallest absolute Gasteiger partial charge is 0.270 e. The topological polar surface area (TPSA) is 15.7 Å². The molecule has 57 heavy (non-hydrogen) atoms. The predicted molar refractivity (Wildman–Crippen MR) is 242 cm³/mol. The molecule has 0 N–H and O–H groups in total. The van der Waals surface area contributed by atoms with E-state index in [4.69, 9.17) is 4.74 Å². The molecule has 6 aliphatic rings. The van der Waals surface area contributed by atoms with Crippen molar-refractivity contribution in [2.45, 2.75) is 150 Å². The third kappa shape index (κ3) is 5.04. The Morgan fingerprint density at radius 1 is 0.737 bits per heavy atom. The van der Waals surface area contributed by atoms with Gasteiger partial charge in [-0.1, -0.05) is 104 Å². The third-order valence-electron chi connectivity index (χ3n) is 15.5. The normalized spacial score (nSPS) is 28.2. The van der Waals surface area contributed by atoms with E-state index in [1.54, 1.807) is 11.1 Å². The SMILES string of the molecule is Cc1cc(C)c(N2c3cc(C)cc4c3B(C3=C(CC(C)C(C(C)(C)C)=C3)N4c3ccc(C(C)(C)C)cc3)C3(C)Oc4cc5c(cc4C23)C2(C)CCC5(C)C2)c(C)c1. The van der Waals surface area contributed by atoms with E-state index in [9.17, 15) is 0 Å². The van der Waals surface area contributed by atoms with Crippen LogP contribution in [0, 0.1) is 39.0 Å². The molecule has 4 heteroatoms. The van der Waals surface area contributed by atoms with E-state index in [0.717, 1.165) is 12.2 Å². The number of benzene rings is 4. The van der Waals surface area contributed by atoms with Crippen molar-refractivity contribution in [3.05, 3.63) is 128 Å². The standard InChI is InChI=1S/C53H63BN2O/c1-30-21-33(4)47(34(5)22-30)56-44-24-31(2)23-43-46(44)54(53(14)48(56)37-26-39-40(28-45(37)57-53)52(13)20-19-51(39,12)29-52)41-27-38(50(9,10)11)32(3)25-42(41)55(43)36-17-15-35(16-18-36)49(6,7)8/h15-18,21-24,26-28,32,48H,19-20,25,29H2,1-14H3. The van der Waals surface area contributed by atoms with Crippen molar-refractivity contribution in [2.75, 3.05) is 9.80 Å². The van der Waals surface area contributed by atoms with Crippen LogP contribution in [0.25, 0.3) is 0 Å². The Morgan fingerprint density at radius 2 is 1.33 bits per heavy atom. The minimum absolute atomic E-state index is 0.00204. The zero-order chi connectivity index (χ0) is 40.5. The number of aryl methyl sites for hydroxylation is 4. The van der Waals surface area contributed by atoms with Crippen LogP contribution in [-0.2, 0) is 16.2 Å². The molecule has 3 aliphatic carbocycles. The Morgan fingerprint density at radius 3 is 1.95 bits per heavy atom. The van der Waals surface area contributed by atoms with Gasteiger partial charge in [-0.15, -0.1) is 0 Å². The van der Waals surface area contributed by atoms with Crippen LogP contribution >= 0.6 is 0 Å². The quantitative estimate of drug-likeness (QED) is 0.190. The molecular formula is C53H63BN2O. The first kappa shape index (κ1) is 37.1. The Bertz CT molecular complexity index is 2470. The fourth-order valence-corrected chi connectivity index (χ4v) is 13.2. The first-order chi connectivity index (χ1) is 26.6. The van der Waals surface area contributed by atoms with E-state index < -0.39 is 5.50 Å². The summed E-state index contributed by atoms with van der Waals surface area (Å²) < 4.78 is 7.81. The maximum absolute atomic E-state index is 7.81. The Kier molecular flexibility index (Phi) is 7.50. The van der Waals surface area contributed by atoms with Crippen LogP contribution < -0.4 is 20.0 Å². The highest BCUT2D eigenvalue weighted by molar-refractivity contribution is 6.87. The zero-order valence-corrected chi connectivity index (χ0v) is 37.2. The highest BCUT2D eigenvalue weighted by Gasteiger charge is 2.64. The molecule has 3 nitrogen and oxygen atoms in total. The van der Waals surface area contributed by atoms with Gasteiger partial charge in [-0.3, -0.25) is 0 Å². The number of nitrogens with zero attached hydrogens (tertiary/aromatic N) is 2. The number of fused-ring (bicyclic) bond motifs is 10. The molecular weight excluding hydrogens is 691 g/mol. The lowest BCUT2D eigenvalue weighted by molar-refractivity contribution is 0.172. The molecule has 0 aromatic heterocycles. The monoisotopic (exact) mass is 755 g/mol. The molecule has 3 heterocycles. The van der Waals surface area contributed by atoms with E-state index in [1.807, 2.05) is 0 Å². The molecule has 0 spiro atoms. The maximum Gasteiger partial charge on any atom is 0.270 e. The Hall–Kier alpha value is -4.18. The van der Waals surface area contributed by atoms with Gasteiger partial charge in [-0.05, 0) is 169 Å². The van der Waals surface area contributed by atoms with E-state index >= 15 is 0 Å². The first-order valence-corrected chi connectivity index (χ1v) is 21.9. The first-order valence-electron chi connectivity index (χ1n) is 21.9. The molecule has 2 bridgehead atoms. The second kappa shape index (κ2) is 11.5. The van der Waals surface area contributed by atoms with Crippen molar-refractivity contribution in [3.63, 3.8) is 0 Å². The fourth-order valence-electron chi connectivity index (χ4n) is 13.2. The minimum atomic E-state index is -0.568. The molecule has 0 saturated heterocycles. The summed E-state index contributed by atoms with van der Waals surface area (Å²) in [7, 11) is 0. The van der Waals surface area contributed by atoms with Crippen LogP contribution in [0.15, 0.2) is 83.5 Å². The van der Waals surface area contributed by atoms with Crippen LogP contribution in [0.4, 0.5) is 22.7 Å². The number of rotatable bonds is 2. The molecule has 3 aliphatic heterocycles. The van der Waals surface area contributed by atoms with Gasteiger partial charge < -0.3 is 14.5 Å². The van der Waals surface area contributed by atoms with Crippen molar-refractivity contribution in [1.82, 2.24) is 0 Å². The van der Waals surface area contributed by atoms with E-state index in [0.29, 0.717) is 5.92 Å². The summed E-state index contributed by atoms with van der Waals surface area (Å²) in [6.45, 7) is 33.4. The van der Waals surface area contributed by atoms with E-state index in [-0.39, 0.29) is 34.4 Å². The average molecular weight is 755 g/mol. The maximum atomic E-state index is 7.81. The number of hydrogen-bond acceptors (Lipinski definition) is 3. The zero-order valence-electron chi connectivity index (χ0n) is 37.2. The molecule has 294 valence electrons. The van der Waals surface area contributed by atoms with Crippen molar-refractivity contribution in [2.24, 2.45) is 11.3 Å². The van der Waals surface area contributed by atoms with Gasteiger partial charge in [0, 0.05) is 34.0 Å². The van der Waals surface area contributed by atoms with Gasteiger partial charge in [0.2, 0.25) is 0 Å². The summed E-state index contributed by atoms with van der Waals surface area (Å²) >= 11 is 0. The number of ether oxygens (including phenoxy) is 1. The molecule has 0 radical (unpaired) electrons. The van der Waals surface area contributed by atoms with Crippen LogP contribution in [0.5, 0.6) is 5.75 Å². The number of hydrogen-bond donors (Lipinski definition) is 0. The highest BCUT2D eigenvalue weighted by Crippen LogP contribution is 2.65. The van der Waals surface area contributed by atoms with Crippen LogP contribution in [0.3, 0.4) is 0 Å². The highest BCUT2D eigenvalue weighted by atomic mass is 16.5. The van der Waals surface area contributed by atoms with Crippen molar-refractivity contribution < 1.29 is 4.74 Å². The molecule has 4 aromatic rings. The largest absolute Gasteiger partial charge is 0.492 e. The van der Waals surface area contributed by atoms with Crippen LogP contribution in [0.1, 0.15) is 145 Å². The van der Waals surface area contributed by atoms with Gasteiger partial charge in [-0.2, -0.15) is 0 Å². The second-order valence-corrected chi connectivity index (χ2v) is 22.2.